The maximum absolute atomic E-state index is 13.3. The number of hydrogen-bond acceptors (Lipinski definition) is 7. The number of nitrogens with zero attached hydrogens (tertiary/aromatic N) is 1. The topological polar surface area (TPSA) is 127 Å². The summed E-state index contributed by atoms with van der Waals surface area (Å²) in [5.41, 5.74) is 4.51. The zero-order valence-electron chi connectivity index (χ0n) is 16.0. The molecule has 3 atom stereocenters. The second-order valence-electron chi connectivity index (χ2n) is 6.79. The highest BCUT2D eigenvalue weighted by molar-refractivity contribution is 8.14. The minimum absolute atomic E-state index is 0.140. The van der Waals surface area contributed by atoms with Crippen LogP contribution in [0.2, 0.25) is 0 Å². The molecule has 1 heterocycles. The average Bonchev–Trinajstić information content (AvgIpc) is 2.73. The maximum Gasteiger partial charge on any atom is 0.323 e. The Labute approximate surface area is 167 Å². The number of carboxylic acid groups (broad SMARTS) is 1. The molecule has 0 saturated carbocycles. The Bertz CT molecular complexity index is 798. The molecule has 152 valence electrons. The summed E-state index contributed by atoms with van der Waals surface area (Å²) in [6.07, 6.45) is 0.0988. The third kappa shape index (κ3) is 4.71. The Morgan fingerprint density at radius 2 is 2.00 bits per heavy atom. The predicted octanol–water partition coefficient (Wildman–Crippen LogP) is 1.81. The van der Waals surface area contributed by atoms with Gasteiger partial charge in [-0.3, -0.25) is 29.8 Å². The van der Waals surface area contributed by atoms with Crippen LogP contribution < -0.4 is 15.4 Å². The third-order valence-electron chi connectivity index (χ3n) is 4.59. The number of para-hydroxylation sites is 2. The maximum atomic E-state index is 13.3. The number of fused-ring (bicyclic) bond motifs is 1. The molecule has 2 unspecified atom stereocenters. The van der Waals surface area contributed by atoms with E-state index in [0.29, 0.717) is 6.42 Å². The van der Waals surface area contributed by atoms with E-state index in [2.05, 4.69) is 0 Å². The van der Waals surface area contributed by atoms with E-state index < -0.39 is 41.6 Å². The molecule has 0 radical (unpaired) electrons. The molecule has 0 spiro atoms. The van der Waals surface area contributed by atoms with Gasteiger partial charge >= 0.3 is 5.97 Å². The number of carboxylic acids is 1. The number of benzene rings is 1. The fourth-order valence-corrected chi connectivity index (χ4v) is 4.05. The van der Waals surface area contributed by atoms with Crippen LogP contribution in [-0.2, 0) is 19.2 Å². The molecule has 1 amide bonds. The van der Waals surface area contributed by atoms with Crippen molar-refractivity contribution in [2.24, 2.45) is 11.7 Å². The van der Waals surface area contributed by atoms with Crippen LogP contribution in [0.15, 0.2) is 24.3 Å². The minimum Gasteiger partial charge on any atom is -0.480 e. The summed E-state index contributed by atoms with van der Waals surface area (Å²) in [5.74, 6) is -2.44. The van der Waals surface area contributed by atoms with Crippen molar-refractivity contribution in [1.82, 2.24) is 0 Å². The molecule has 0 fully saturated rings. The number of thioether (sulfide) groups is 1. The molecule has 9 heteroatoms. The number of aliphatic carboxylic acids is 1. The summed E-state index contributed by atoms with van der Waals surface area (Å²) in [4.78, 5) is 50.0. The fraction of sp³-hybridized carbons (Fsp3) is 0.474. The average molecular weight is 408 g/mol. The van der Waals surface area contributed by atoms with E-state index in [1.54, 1.807) is 12.1 Å². The van der Waals surface area contributed by atoms with Crippen molar-refractivity contribution in [2.45, 2.75) is 44.6 Å². The number of ether oxygens (including phenoxy) is 1. The summed E-state index contributed by atoms with van der Waals surface area (Å²) >= 11 is 0.866. The van der Waals surface area contributed by atoms with Crippen molar-refractivity contribution in [3.63, 3.8) is 0 Å². The van der Waals surface area contributed by atoms with Gasteiger partial charge in [0.25, 0.3) is 0 Å². The van der Waals surface area contributed by atoms with Gasteiger partial charge < -0.3 is 9.84 Å². The van der Waals surface area contributed by atoms with Crippen molar-refractivity contribution in [3.8, 4) is 5.75 Å². The number of Topliss-reactive ketones (excluding diaryl/α,β-unsaturated/α-hetero) is 1. The molecule has 8 nitrogen and oxygen atoms in total. The highest BCUT2D eigenvalue weighted by Gasteiger charge is 2.48. The number of ketones is 1. The number of hydrogen-bond donors (Lipinski definition) is 2. The second kappa shape index (κ2) is 8.74. The molecule has 0 bridgehead atoms. The minimum atomic E-state index is -2.00. The summed E-state index contributed by atoms with van der Waals surface area (Å²) in [7, 11) is 0. The fourth-order valence-electron chi connectivity index (χ4n) is 2.96. The van der Waals surface area contributed by atoms with Gasteiger partial charge in [-0.1, -0.05) is 44.2 Å². The molecule has 28 heavy (non-hydrogen) atoms. The smallest absolute Gasteiger partial charge is 0.323 e. The van der Waals surface area contributed by atoms with E-state index >= 15 is 0 Å². The Hall–Kier alpha value is -2.39. The molecule has 3 N–H and O–H groups in total. The Morgan fingerprint density at radius 1 is 1.36 bits per heavy atom. The lowest BCUT2D eigenvalue weighted by Gasteiger charge is -2.32. The molecule has 1 aliphatic heterocycles. The van der Waals surface area contributed by atoms with Crippen molar-refractivity contribution >= 4 is 40.2 Å². The van der Waals surface area contributed by atoms with Crippen LogP contribution >= 0.6 is 11.8 Å². The first-order chi connectivity index (χ1) is 13.1. The number of anilines is 1. The Kier molecular flexibility index (Phi) is 6.84. The van der Waals surface area contributed by atoms with Gasteiger partial charge in [-0.2, -0.15) is 0 Å². The normalized spacial score (nSPS) is 21.1. The first kappa shape index (κ1) is 21.9. The SMILES string of the molecule is CCC(C)C(SC(C)=O)C(=O)[C@]1(N)CC(=O)N(CC(=O)O)c2ccccc2O1. The molecule has 0 saturated heterocycles. The van der Waals surface area contributed by atoms with Crippen LogP contribution in [0, 0.1) is 5.92 Å². The molecule has 2 rings (SSSR count). The number of amides is 1. The summed E-state index contributed by atoms with van der Waals surface area (Å²) < 4.78 is 5.79. The molecular formula is C19H24N2O6S. The van der Waals surface area contributed by atoms with Gasteiger partial charge in [0.15, 0.2) is 5.12 Å². The number of carbonyl (C=O) groups excluding carboxylic acids is 3. The largest absolute Gasteiger partial charge is 0.480 e. The lowest BCUT2D eigenvalue weighted by molar-refractivity contribution is -0.140. The van der Waals surface area contributed by atoms with Crippen LogP contribution in [-0.4, -0.2) is 45.4 Å². The number of nitrogens with two attached hydrogens (primary N) is 1. The van der Waals surface area contributed by atoms with Gasteiger partial charge in [0, 0.05) is 6.92 Å². The quantitative estimate of drug-likeness (QED) is 0.699. The van der Waals surface area contributed by atoms with E-state index in [1.165, 1.54) is 19.1 Å². The monoisotopic (exact) mass is 408 g/mol. The van der Waals surface area contributed by atoms with Crippen molar-refractivity contribution in [2.75, 3.05) is 11.4 Å². The van der Waals surface area contributed by atoms with E-state index in [1.807, 2.05) is 13.8 Å². The van der Waals surface area contributed by atoms with Crippen molar-refractivity contribution in [3.05, 3.63) is 24.3 Å². The first-order valence-electron chi connectivity index (χ1n) is 8.89. The van der Waals surface area contributed by atoms with Crippen LogP contribution in [0.3, 0.4) is 0 Å². The predicted molar refractivity (Wildman–Crippen MR) is 105 cm³/mol. The molecule has 0 aromatic heterocycles. The number of carbonyl (C=O) groups is 4. The van der Waals surface area contributed by atoms with Gasteiger partial charge in [-0.05, 0) is 18.1 Å². The van der Waals surface area contributed by atoms with Crippen molar-refractivity contribution in [1.29, 1.82) is 0 Å². The molecule has 0 aliphatic carbocycles. The van der Waals surface area contributed by atoms with Gasteiger partial charge in [0.05, 0.1) is 17.4 Å². The zero-order valence-corrected chi connectivity index (χ0v) is 16.8. The highest BCUT2D eigenvalue weighted by Crippen LogP contribution is 2.37. The Balaban J connectivity index is 2.47. The molecular weight excluding hydrogens is 384 g/mol. The van der Waals surface area contributed by atoms with Gasteiger partial charge in [-0.15, -0.1) is 0 Å². The summed E-state index contributed by atoms with van der Waals surface area (Å²) in [6, 6.07) is 6.31. The summed E-state index contributed by atoms with van der Waals surface area (Å²) in [5, 5.41) is 8.14. The van der Waals surface area contributed by atoms with Gasteiger partial charge in [0.1, 0.15) is 12.3 Å². The van der Waals surface area contributed by atoms with Crippen LogP contribution in [0.1, 0.15) is 33.6 Å². The van der Waals surface area contributed by atoms with E-state index in [-0.39, 0.29) is 22.5 Å². The summed E-state index contributed by atoms with van der Waals surface area (Å²) in [6.45, 7) is 4.49. The second-order valence-corrected chi connectivity index (χ2v) is 8.11. The third-order valence-corrected chi connectivity index (χ3v) is 5.85. The molecule has 1 aliphatic rings. The Morgan fingerprint density at radius 3 is 2.57 bits per heavy atom. The lowest BCUT2D eigenvalue weighted by Crippen LogP contribution is -2.59. The van der Waals surface area contributed by atoms with Crippen LogP contribution in [0.4, 0.5) is 5.69 Å². The van der Waals surface area contributed by atoms with E-state index in [9.17, 15) is 19.2 Å². The number of rotatable bonds is 7. The van der Waals surface area contributed by atoms with Gasteiger partial charge in [0.2, 0.25) is 17.4 Å². The van der Waals surface area contributed by atoms with E-state index in [0.717, 1.165) is 16.7 Å². The molecule has 1 aromatic carbocycles. The van der Waals surface area contributed by atoms with E-state index in [4.69, 9.17) is 15.6 Å². The van der Waals surface area contributed by atoms with Crippen molar-refractivity contribution < 1.29 is 29.0 Å². The highest BCUT2D eigenvalue weighted by atomic mass is 32.2. The zero-order chi connectivity index (χ0) is 21.1. The first-order valence-corrected chi connectivity index (χ1v) is 9.77. The van der Waals surface area contributed by atoms with Crippen LogP contribution in [0.25, 0.3) is 0 Å². The lowest BCUT2D eigenvalue weighted by atomic mass is 9.93. The van der Waals surface area contributed by atoms with Gasteiger partial charge in [-0.25, -0.2) is 0 Å². The standard InChI is InChI=1S/C19H24N2O6S/c1-4-11(2)17(28-12(3)22)18(26)19(20)9-15(23)21(10-16(24)25)13-7-5-6-8-14(13)27-19/h5-8,11,17H,4,9-10,20H2,1-3H3,(H,24,25)/t11?,17?,19-/m0/s1. The molecule has 1 aromatic rings. The van der Waals surface area contributed by atoms with Crippen LogP contribution in [0.5, 0.6) is 5.75 Å².